The molecule has 1 aliphatic heterocycles. The Bertz CT molecular complexity index is 182. The molecule has 4 heteroatoms. The molecule has 0 aliphatic carbocycles. The Balaban J connectivity index is 2.37. The summed E-state index contributed by atoms with van der Waals surface area (Å²) in [6.07, 6.45) is 1.07. The molecule has 0 aromatic rings. The lowest BCUT2D eigenvalue weighted by Crippen LogP contribution is -2.26. The molecule has 1 aliphatic rings. The third kappa shape index (κ3) is 2.67. The molecule has 1 unspecified atom stereocenters. The molecule has 1 amide bonds. The molecule has 1 fully saturated rings. The highest BCUT2D eigenvalue weighted by atomic mass is 16.7. The fourth-order valence-electron chi connectivity index (χ4n) is 1.28. The molecule has 1 saturated heterocycles. The number of carbonyl (C=O) groups is 1. The normalized spacial score (nSPS) is 23.2. The van der Waals surface area contributed by atoms with Crippen molar-refractivity contribution in [1.82, 2.24) is 5.06 Å². The van der Waals surface area contributed by atoms with E-state index in [-0.39, 0.29) is 18.6 Å². The standard InChI is InChI=1S/C9H17NO3/c1-7(2)8-6-9(12)10(13-8)4-3-5-11/h7-8,11H,3-6H2,1-2H3. The molecule has 0 spiro atoms. The average molecular weight is 187 g/mol. The van der Waals surface area contributed by atoms with Gasteiger partial charge in [-0.1, -0.05) is 13.8 Å². The van der Waals surface area contributed by atoms with Crippen LogP contribution in [0.5, 0.6) is 0 Å². The van der Waals surface area contributed by atoms with Crippen molar-refractivity contribution in [3.05, 3.63) is 0 Å². The Morgan fingerprint density at radius 2 is 2.38 bits per heavy atom. The fraction of sp³-hybridized carbons (Fsp3) is 0.889. The van der Waals surface area contributed by atoms with Crippen molar-refractivity contribution in [2.45, 2.75) is 32.8 Å². The molecule has 4 nitrogen and oxygen atoms in total. The number of hydrogen-bond acceptors (Lipinski definition) is 3. The quantitative estimate of drug-likeness (QED) is 0.699. The van der Waals surface area contributed by atoms with Crippen LogP contribution in [0.15, 0.2) is 0 Å². The van der Waals surface area contributed by atoms with Crippen LogP contribution in [0.3, 0.4) is 0 Å². The van der Waals surface area contributed by atoms with E-state index < -0.39 is 0 Å². The van der Waals surface area contributed by atoms with E-state index in [1.807, 2.05) is 13.8 Å². The highest BCUT2D eigenvalue weighted by molar-refractivity contribution is 5.77. The first kappa shape index (κ1) is 10.5. The number of aliphatic hydroxyl groups excluding tert-OH is 1. The van der Waals surface area contributed by atoms with Gasteiger partial charge in [0.1, 0.15) is 0 Å². The molecule has 0 bridgehead atoms. The van der Waals surface area contributed by atoms with Gasteiger partial charge in [0.2, 0.25) is 5.91 Å². The minimum atomic E-state index is 0.0196. The van der Waals surface area contributed by atoms with Crippen LogP contribution in [0.4, 0.5) is 0 Å². The number of hydroxylamine groups is 2. The predicted octanol–water partition coefficient (Wildman–Crippen LogP) is 0.557. The van der Waals surface area contributed by atoms with Gasteiger partial charge in [0.15, 0.2) is 0 Å². The van der Waals surface area contributed by atoms with E-state index in [4.69, 9.17) is 9.94 Å². The molecule has 1 heterocycles. The second-order valence-electron chi connectivity index (χ2n) is 3.67. The van der Waals surface area contributed by atoms with Gasteiger partial charge < -0.3 is 5.11 Å². The topological polar surface area (TPSA) is 49.8 Å². The molecular weight excluding hydrogens is 170 g/mol. The third-order valence-corrected chi connectivity index (χ3v) is 2.18. The number of hydrogen-bond donors (Lipinski definition) is 1. The Kier molecular flexibility index (Phi) is 3.69. The van der Waals surface area contributed by atoms with E-state index in [0.29, 0.717) is 25.3 Å². The van der Waals surface area contributed by atoms with Crippen molar-refractivity contribution < 1.29 is 14.7 Å². The minimum Gasteiger partial charge on any atom is -0.396 e. The first-order valence-corrected chi connectivity index (χ1v) is 4.73. The van der Waals surface area contributed by atoms with Crippen LogP contribution in [0.2, 0.25) is 0 Å². The highest BCUT2D eigenvalue weighted by Crippen LogP contribution is 2.21. The van der Waals surface area contributed by atoms with Crippen molar-refractivity contribution in [3.63, 3.8) is 0 Å². The number of carbonyl (C=O) groups excluding carboxylic acids is 1. The zero-order chi connectivity index (χ0) is 9.84. The first-order chi connectivity index (χ1) is 6.15. The number of nitrogens with zero attached hydrogens (tertiary/aromatic N) is 1. The molecule has 1 N–H and O–H groups in total. The largest absolute Gasteiger partial charge is 0.396 e. The summed E-state index contributed by atoms with van der Waals surface area (Å²) < 4.78 is 0. The van der Waals surface area contributed by atoms with Gasteiger partial charge in [-0.05, 0) is 12.3 Å². The van der Waals surface area contributed by atoms with Crippen molar-refractivity contribution in [3.8, 4) is 0 Å². The summed E-state index contributed by atoms with van der Waals surface area (Å²) in [6.45, 7) is 4.67. The second-order valence-corrected chi connectivity index (χ2v) is 3.67. The van der Waals surface area contributed by atoms with Gasteiger partial charge in [-0.15, -0.1) is 0 Å². The van der Waals surface area contributed by atoms with Gasteiger partial charge in [0.25, 0.3) is 0 Å². The average Bonchev–Trinajstić information content (AvgIpc) is 2.44. The smallest absolute Gasteiger partial charge is 0.248 e. The van der Waals surface area contributed by atoms with E-state index in [1.165, 1.54) is 5.06 Å². The van der Waals surface area contributed by atoms with Crippen LogP contribution in [-0.2, 0) is 9.63 Å². The van der Waals surface area contributed by atoms with Crippen molar-refractivity contribution in [2.75, 3.05) is 13.2 Å². The minimum absolute atomic E-state index is 0.0196. The summed E-state index contributed by atoms with van der Waals surface area (Å²) in [4.78, 5) is 16.7. The summed E-state index contributed by atoms with van der Waals surface area (Å²) in [5, 5.41) is 9.97. The van der Waals surface area contributed by atoms with Crippen LogP contribution < -0.4 is 0 Å². The molecule has 0 radical (unpaired) electrons. The zero-order valence-electron chi connectivity index (χ0n) is 8.19. The predicted molar refractivity (Wildman–Crippen MR) is 47.7 cm³/mol. The van der Waals surface area contributed by atoms with Gasteiger partial charge in [-0.2, -0.15) is 0 Å². The third-order valence-electron chi connectivity index (χ3n) is 2.18. The maximum Gasteiger partial charge on any atom is 0.248 e. The van der Waals surface area contributed by atoms with Crippen molar-refractivity contribution in [2.24, 2.45) is 5.92 Å². The molecule has 13 heavy (non-hydrogen) atoms. The summed E-state index contributed by atoms with van der Waals surface area (Å²) in [7, 11) is 0. The Labute approximate surface area is 78.4 Å². The summed E-state index contributed by atoms with van der Waals surface area (Å²) >= 11 is 0. The van der Waals surface area contributed by atoms with Gasteiger partial charge >= 0.3 is 0 Å². The Morgan fingerprint density at radius 3 is 2.85 bits per heavy atom. The van der Waals surface area contributed by atoms with Crippen LogP contribution in [0.1, 0.15) is 26.7 Å². The monoisotopic (exact) mass is 187 g/mol. The molecular formula is C9H17NO3. The van der Waals surface area contributed by atoms with E-state index in [0.717, 1.165) is 0 Å². The molecule has 76 valence electrons. The van der Waals surface area contributed by atoms with E-state index in [9.17, 15) is 4.79 Å². The van der Waals surface area contributed by atoms with Crippen LogP contribution in [0.25, 0.3) is 0 Å². The SMILES string of the molecule is CC(C)C1CC(=O)N(CCCO)O1. The van der Waals surface area contributed by atoms with Crippen LogP contribution in [0, 0.1) is 5.92 Å². The second kappa shape index (κ2) is 4.58. The maximum absolute atomic E-state index is 11.3. The number of amides is 1. The molecule has 0 aromatic carbocycles. The van der Waals surface area contributed by atoms with Crippen molar-refractivity contribution in [1.29, 1.82) is 0 Å². The Morgan fingerprint density at radius 1 is 1.69 bits per heavy atom. The van der Waals surface area contributed by atoms with Gasteiger partial charge in [-0.25, -0.2) is 5.06 Å². The maximum atomic E-state index is 11.3. The first-order valence-electron chi connectivity index (χ1n) is 4.73. The highest BCUT2D eigenvalue weighted by Gasteiger charge is 2.32. The fourth-order valence-corrected chi connectivity index (χ4v) is 1.28. The van der Waals surface area contributed by atoms with Gasteiger partial charge in [0.05, 0.1) is 19.1 Å². The number of aliphatic hydroxyl groups is 1. The number of rotatable bonds is 4. The van der Waals surface area contributed by atoms with Crippen molar-refractivity contribution >= 4 is 5.91 Å². The summed E-state index contributed by atoms with van der Waals surface area (Å²) in [5.41, 5.74) is 0. The van der Waals surface area contributed by atoms with E-state index in [2.05, 4.69) is 0 Å². The summed E-state index contributed by atoms with van der Waals surface area (Å²) in [5.74, 6) is 0.398. The van der Waals surface area contributed by atoms with E-state index in [1.54, 1.807) is 0 Å². The van der Waals surface area contributed by atoms with Crippen LogP contribution in [-0.4, -0.2) is 35.3 Å². The van der Waals surface area contributed by atoms with E-state index >= 15 is 0 Å². The molecule has 0 saturated carbocycles. The molecule has 1 rings (SSSR count). The lowest BCUT2D eigenvalue weighted by molar-refractivity contribution is -0.178. The zero-order valence-corrected chi connectivity index (χ0v) is 8.19. The van der Waals surface area contributed by atoms with Crippen LogP contribution >= 0.6 is 0 Å². The lowest BCUT2D eigenvalue weighted by Gasteiger charge is -2.17. The molecule has 1 atom stereocenters. The lowest BCUT2D eigenvalue weighted by atomic mass is 10.1. The molecule has 0 aromatic heterocycles. The van der Waals surface area contributed by atoms with Gasteiger partial charge in [0, 0.05) is 6.61 Å². The summed E-state index contributed by atoms with van der Waals surface area (Å²) in [6, 6.07) is 0. The Hall–Kier alpha value is -0.610. The van der Waals surface area contributed by atoms with Gasteiger partial charge in [-0.3, -0.25) is 9.63 Å².